The van der Waals surface area contributed by atoms with Gasteiger partial charge >= 0.3 is 31.8 Å². The zero-order valence-corrected chi connectivity index (χ0v) is 55.4. The van der Waals surface area contributed by atoms with E-state index < -0.39 is 273 Å². The maximum atomic E-state index is 11.8. The van der Waals surface area contributed by atoms with Gasteiger partial charge in [-0.2, -0.15) is 5.10 Å². The van der Waals surface area contributed by atoms with Gasteiger partial charge in [-0.1, -0.05) is 47.5 Å². The van der Waals surface area contributed by atoms with Crippen LogP contribution in [0.25, 0.3) is 10.9 Å². The van der Waals surface area contributed by atoms with Crippen LogP contribution in [-0.4, -0.2) is 431 Å². The maximum absolute atomic E-state index is 11.8. The van der Waals surface area contributed by atoms with Crippen LogP contribution in [0.1, 0.15) is 16.1 Å². The Bertz CT molecular complexity index is 3190. The molecule has 0 radical (unpaired) electrons. The molecule has 28 N–H and O–H groups in total. The van der Waals surface area contributed by atoms with Crippen molar-refractivity contribution in [2.75, 3.05) is 46.2 Å². The number of halogens is 2. The molecule has 0 spiro atoms. The fourth-order valence-corrected chi connectivity index (χ4v) is 12.5. The van der Waals surface area contributed by atoms with E-state index in [1.807, 2.05) is 18.2 Å². The van der Waals surface area contributed by atoms with Crippen LogP contribution in [-0.2, 0) is 68.1 Å². The van der Waals surface area contributed by atoms with Crippen molar-refractivity contribution >= 4 is 65.9 Å². The number of aromatic nitrogens is 2. The molecule has 7 saturated heterocycles. The van der Waals surface area contributed by atoms with E-state index in [2.05, 4.69) is 10.8 Å². The summed E-state index contributed by atoms with van der Waals surface area (Å²) in [7, 11) is 0. The van der Waals surface area contributed by atoms with Gasteiger partial charge < -0.3 is 190 Å². The van der Waals surface area contributed by atoms with Crippen molar-refractivity contribution < 1.29 is 199 Å². The van der Waals surface area contributed by atoms with Gasteiger partial charge in [0.2, 0.25) is 0 Å². The predicted molar refractivity (Wildman–Crippen MR) is 338 cm³/mol. The molecule has 7 aliphatic heterocycles. The van der Waals surface area contributed by atoms with Crippen LogP contribution in [0, 0.1) is 0 Å². The second-order valence-corrected chi connectivity index (χ2v) is 25.5. The van der Waals surface area contributed by atoms with Crippen LogP contribution in [0.4, 0.5) is 4.79 Å². The minimum absolute atomic E-state index is 0. The quantitative estimate of drug-likeness (QED) is 0.0252. The number of carboxylic acid groups (broad SMARTS) is 1. The normalized spacial score (nSPS) is 42.2. The molecular weight excluding hydrogens is 1530 g/mol. The number of nitrogens with zero attached hydrogens (tertiary/aromatic N) is 2. The molecule has 2 amide bonds. The zero-order valence-electron chi connectivity index (χ0n) is 53.9. The molecule has 0 bridgehead atoms. The number of carbonyl (C=O) groups excluding carboxylic acids is 1. The molecule has 1 aromatic heterocycles. The van der Waals surface area contributed by atoms with Gasteiger partial charge in [0, 0.05) is 15.4 Å². The summed E-state index contributed by atoms with van der Waals surface area (Å²) in [6.07, 6.45) is -69.4. The summed E-state index contributed by atoms with van der Waals surface area (Å²) >= 11 is 12.0. The molecule has 0 saturated carbocycles. The Balaban J connectivity index is 0.000000475. The number of para-hydroxylation sites is 1. The number of carbonyl (C=O) groups is 2. The fourth-order valence-electron chi connectivity index (χ4n) is 12.0. The number of carboxylic acids is 1. The van der Waals surface area contributed by atoms with E-state index in [4.69, 9.17) is 90.0 Å². The Morgan fingerprint density at radius 2 is 0.781 bits per heavy atom. The molecule has 7 fully saturated rings. The molecule has 0 aliphatic carbocycles. The number of benzene rings is 2. The van der Waals surface area contributed by atoms with Crippen LogP contribution in [0.3, 0.4) is 0 Å². The van der Waals surface area contributed by atoms with Crippen LogP contribution >= 0.6 is 23.2 Å². The van der Waals surface area contributed by atoms with Crippen molar-refractivity contribution in [2.45, 2.75) is 221 Å². The molecule has 47 heteroatoms. The number of nitrogens with one attached hydrogen (secondary N) is 1. The van der Waals surface area contributed by atoms with Crippen molar-refractivity contribution in [1.82, 2.24) is 15.3 Å². The monoisotopic (exact) mass is 1620 g/mol. The van der Waals surface area contributed by atoms with E-state index in [0.717, 1.165) is 11.1 Å². The Labute approximate surface area is 614 Å². The summed E-state index contributed by atoms with van der Waals surface area (Å²) in [5.74, 6) is -1.05. The molecule has 2 aromatic carbocycles. The molecule has 598 valence electrons. The first-order chi connectivity index (χ1) is 49.2. The number of primary amides is 1. The number of amides is 2. The van der Waals surface area contributed by atoms with Crippen molar-refractivity contribution in [3.05, 3.63) is 63.8 Å². The van der Waals surface area contributed by atoms with Crippen molar-refractivity contribution in [3.63, 3.8) is 0 Å². The van der Waals surface area contributed by atoms with Crippen molar-refractivity contribution in [1.29, 1.82) is 0 Å². The topological polar surface area (TPSA) is 716 Å². The van der Waals surface area contributed by atoms with E-state index >= 15 is 0 Å². The van der Waals surface area contributed by atoms with E-state index in [-0.39, 0.29) is 25.5 Å². The van der Waals surface area contributed by atoms with Gasteiger partial charge in [0.05, 0.1) is 58.3 Å². The first-order valence-corrected chi connectivity index (χ1v) is 32.6. The van der Waals surface area contributed by atoms with Gasteiger partial charge in [0.1, 0.15) is 171 Å². The molecular formula is C58H89Cl2GaN4O40. The third kappa shape index (κ3) is 20.4. The second-order valence-electron chi connectivity index (χ2n) is 24.7. The summed E-state index contributed by atoms with van der Waals surface area (Å²) in [5.41, 5.74) is 7.07. The van der Waals surface area contributed by atoms with Gasteiger partial charge in [0.25, 0.3) is 0 Å². The standard InChI is InChI=1S/C42H72O36.C15H10Cl2N2O2.CH4N2O2.Ga.3H/c43-1-8-15(48)22(55)25(58)37(69-8)66-6-13-20(53)32(28(61)36(65)68-13)75-40-29(62)33(18(51)11(4-46)72-40)77-41-30(63)34(19(52)12(5-47)73-41)78-42-31(64)35(76-39-27(60)24(57)17(50)10(3-45)71-39)21(54)14(74-42)7-67-38-26(59)23(56)16(49)9(2-44)70-38;16-10-6-5-9(12(17)7-10)8-19-13-4-2-1-3-11(13)14(18-19)15(20)21;2-1(4)3-5;;;;/h8-65H,1-7H2;1-7H,8H2,(H,20,21);5H,(H3,2,3,4);;;;/t8-,9-,10-,11-,12-,13-,14-,15-,16-,17-,18-,19-,20-,21-,22+,23+,24+,25-,26-,27-,28-,29-,30-,31-,32+,33+,34+,35+,36-,37-,38-,39+,40+,41+,42+;;;;;;/m1....../s1. The molecule has 44 nitrogen and oxygen atoms in total. The summed E-state index contributed by atoms with van der Waals surface area (Å²) in [6, 6.07) is 11.5. The fraction of sp³-hybridized carbons (Fsp3) is 0.741. The van der Waals surface area contributed by atoms with E-state index in [1.165, 1.54) is 5.48 Å². The number of aromatic carboxylic acids is 1. The molecule has 105 heavy (non-hydrogen) atoms. The number of fused-ring (bicyclic) bond motifs is 1. The Hall–Kier alpha value is -3.61. The Morgan fingerprint density at radius 1 is 0.448 bits per heavy atom. The average Bonchev–Trinajstić information content (AvgIpc) is 1.65. The van der Waals surface area contributed by atoms with Gasteiger partial charge in [0.15, 0.2) is 49.7 Å². The van der Waals surface area contributed by atoms with Crippen LogP contribution in [0.5, 0.6) is 0 Å². The number of hydrogen-bond acceptors (Lipinski definition) is 40. The first kappa shape index (κ1) is 88.6. The van der Waals surface area contributed by atoms with Crippen LogP contribution in [0.15, 0.2) is 42.5 Å². The molecule has 10 rings (SSSR count). The third-order valence-electron chi connectivity index (χ3n) is 17.8. The second kappa shape index (κ2) is 39.5. The van der Waals surface area contributed by atoms with E-state index in [9.17, 15) is 132 Å². The van der Waals surface area contributed by atoms with Crippen molar-refractivity contribution in [2.24, 2.45) is 5.73 Å². The molecule has 35 atom stereocenters. The molecule has 3 aromatic rings. The molecule has 8 heterocycles. The SMILES string of the molecule is NC(=O)NO.O=C(O)c1nn(Cc2ccc(Cl)cc2Cl)c2ccccc12.OC[C@H]1O[C@@H](OC[C@H]2O[C@@H](O)[C@H](O)[C@@H](O[C@@H]3O[C@H](CO)[C@@H](O)[C@H](O[C@@H]4O[C@H](CO)[C@@H](O)[C@H](O[C@@H]5O[C@H](CO[C@@H]6O[C@H](CO)[C@@H](O)[C@H](O)[C@H]6O)[C@@H](O)[C@H](O[C@@H]6O[C@H](CO)[C@@H](O)[C@H](O)[C@H]6O)[C@H]5O)[C@H]4O)[C@H]3O)[C@@H]2O)[C@H](O)[C@@H](O)[C@@H]1O.[GaH3]. The number of hydrogen-bond donors (Lipinski definition) is 27. The summed E-state index contributed by atoms with van der Waals surface area (Å²) in [5, 5.41) is 267. The Kier molecular flexibility index (Phi) is 33.4. The van der Waals surface area contributed by atoms with Gasteiger partial charge in [-0.15, -0.1) is 0 Å². The number of ether oxygens (including phenoxy) is 13. The zero-order chi connectivity index (χ0) is 76.6. The number of nitrogens with two attached hydrogens (primary N) is 1. The van der Waals surface area contributed by atoms with Gasteiger partial charge in [-0.25, -0.2) is 15.1 Å². The summed E-state index contributed by atoms with van der Waals surface area (Å²) in [6.45, 7) is -6.19. The van der Waals surface area contributed by atoms with E-state index in [0.29, 0.717) is 22.0 Å². The van der Waals surface area contributed by atoms with Gasteiger partial charge in [-0.3, -0.25) is 9.89 Å². The summed E-state index contributed by atoms with van der Waals surface area (Å²) < 4.78 is 73.7. The average molecular weight is 1620 g/mol. The molecule has 7 aliphatic rings. The summed E-state index contributed by atoms with van der Waals surface area (Å²) in [4.78, 5) is 20.5. The number of aliphatic hydroxyl groups excluding tert-OH is 23. The van der Waals surface area contributed by atoms with Crippen LogP contribution < -0.4 is 11.2 Å². The number of aliphatic hydroxyl groups is 23. The number of rotatable bonds is 22. The molecule has 0 unspecified atom stereocenters. The number of urea groups is 1. The third-order valence-corrected chi connectivity index (χ3v) is 18.4. The van der Waals surface area contributed by atoms with Gasteiger partial charge in [-0.05, 0) is 23.8 Å². The Morgan fingerprint density at radius 3 is 1.16 bits per heavy atom. The minimum atomic E-state index is -2.35. The predicted octanol–water partition coefficient (Wildman–Crippen LogP) is -14.3. The first-order valence-electron chi connectivity index (χ1n) is 31.8. The number of hydroxylamine groups is 1. The van der Waals surface area contributed by atoms with Crippen molar-refractivity contribution in [3.8, 4) is 0 Å². The van der Waals surface area contributed by atoms with Crippen LogP contribution in [0.2, 0.25) is 10.0 Å². The van der Waals surface area contributed by atoms with E-state index in [1.54, 1.807) is 28.9 Å².